The number of rotatable bonds is 6. The Morgan fingerprint density at radius 2 is 2.00 bits per heavy atom. The Kier molecular flexibility index (Phi) is 4.51. The molecule has 1 unspecified atom stereocenters. The number of halogens is 1. The molecule has 1 saturated carbocycles. The monoisotopic (exact) mass is 237 g/mol. The number of nitrogens with one attached hydrogen (secondary N) is 1. The molecule has 1 fully saturated rings. The van der Waals surface area contributed by atoms with Crippen LogP contribution in [0.3, 0.4) is 0 Å². The average Bonchev–Trinajstić information content (AvgIpc) is 2.27. The van der Waals surface area contributed by atoms with Gasteiger partial charge in [0.15, 0.2) is 0 Å². The van der Waals surface area contributed by atoms with E-state index >= 15 is 0 Å². The molecule has 94 valence electrons. The number of hydrogen-bond donors (Lipinski definition) is 2. The molecule has 0 aromatic heterocycles. The molecule has 1 atom stereocenters. The Morgan fingerprint density at radius 1 is 1.29 bits per heavy atom. The summed E-state index contributed by atoms with van der Waals surface area (Å²) in [7, 11) is 0. The van der Waals surface area contributed by atoms with Crippen molar-refractivity contribution in [2.24, 2.45) is 5.92 Å². The van der Waals surface area contributed by atoms with Gasteiger partial charge < -0.3 is 10.4 Å². The highest BCUT2D eigenvalue weighted by atomic mass is 19.1. The Balaban J connectivity index is 1.65. The first kappa shape index (κ1) is 12.5. The fraction of sp³-hybridized carbons (Fsp3) is 0.571. The predicted molar refractivity (Wildman–Crippen MR) is 66.2 cm³/mol. The first-order valence-electron chi connectivity index (χ1n) is 6.40. The molecule has 17 heavy (non-hydrogen) atoms. The second-order valence-electron chi connectivity index (χ2n) is 4.86. The average molecular weight is 237 g/mol. The van der Waals surface area contributed by atoms with Gasteiger partial charge in [0.05, 0.1) is 6.10 Å². The molecule has 0 spiro atoms. The Labute approximate surface area is 102 Å². The zero-order valence-electron chi connectivity index (χ0n) is 10.0. The molecule has 0 saturated heterocycles. The van der Waals surface area contributed by atoms with Crippen LogP contribution in [0.5, 0.6) is 0 Å². The standard InChI is InChI=1S/C14H20FNO/c15-13-6-4-12(5-7-13)14(17)10-16-9-8-11-2-1-3-11/h4-7,11,14,16-17H,1-3,8-10H2. The molecule has 2 nitrogen and oxygen atoms in total. The Hall–Kier alpha value is -0.930. The second-order valence-corrected chi connectivity index (χ2v) is 4.86. The largest absolute Gasteiger partial charge is 0.387 e. The van der Waals surface area contributed by atoms with Crippen molar-refractivity contribution in [3.8, 4) is 0 Å². The number of aliphatic hydroxyl groups excluding tert-OH is 1. The molecule has 1 aliphatic rings. The summed E-state index contributed by atoms with van der Waals surface area (Å²) in [5.74, 6) is 0.629. The lowest BCUT2D eigenvalue weighted by Gasteiger charge is -2.25. The molecule has 2 N–H and O–H groups in total. The maximum atomic E-state index is 12.7. The van der Waals surface area contributed by atoms with Gasteiger partial charge in [-0.1, -0.05) is 31.4 Å². The fourth-order valence-corrected chi connectivity index (χ4v) is 2.13. The summed E-state index contributed by atoms with van der Waals surface area (Å²) >= 11 is 0. The van der Waals surface area contributed by atoms with E-state index in [0.717, 1.165) is 18.0 Å². The van der Waals surface area contributed by atoms with E-state index < -0.39 is 6.10 Å². The molecule has 0 bridgehead atoms. The maximum absolute atomic E-state index is 12.7. The van der Waals surface area contributed by atoms with E-state index in [-0.39, 0.29) is 5.82 Å². The van der Waals surface area contributed by atoms with Crippen molar-refractivity contribution in [2.75, 3.05) is 13.1 Å². The maximum Gasteiger partial charge on any atom is 0.123 e. The zero-order chi connectivity index (χ0) is 12.1. The van der Waals surface area contributed by atoms with Crippen LogP contribution in [0.1, 0.15) is 37.4 Å². The van der Waals surface area contributed by atoms with Crippen molar-refractivity contribution in [1.29, 1.82) is 0 Å². The van der Waals surface area contributed by atoms with Crippen LogP contribution in [0.4, 0.5) is 4.39 Å². The number of benzene rings is 1. The van der Waals surface area contributed by atoms with Crippen LogP contribution in [-0.4, -0.2) is 18.2 Å². The van der Waals surface area contributed by atoms with Crippen molar-refractivity contribution < 1.29 is 9.50 Å². The summed E-state index contributed by atoms with van der Waals surface area (Å²) < 4.78 is 12.7. The fourth-order valence-electron chi connectivity index (χ4n) is 2.13. The van der Waals surface area contributed by atoms with Crippen LogP contribution < -0.4 is 5.32 Å². The molecular weight excluding hydrogens is 217 g/mol. The van der Waals surface area contributed by atoms with E-state index in [1.165, 1.54) is 37.8 Å². The SMILES string of the molecule is OC(CNCCC1CCC1)c1ccc(F)cc1. The van der Waals surface area contributed by atoms with Gasteiger partial charge >= 0.3 is 0 Å². The van der Waals surface area contributed by atoms with E-state index in [1.807, 2.05) is 0 Å². The summed E-state index contributed by atoms with van der Waals surface area (Å²) in [5.41, 5.74) is 0.766. The van der Waals surface area contributed by atoms with Crippen molar-refractivity contribution in [3.05, 3.63) is 35.6 Å². The minimum atomic E-state index is -0.544. The van der Waals surface area contributed by atoms with Crippen LogP contribution in [0.25, 0.3) is 0 Å². The summed E-state index contributed by atoms with van der Waals surface area (Å²) in [6, 6.07) is 6.03. The van der Waals surface area contributed by atoms with Crippen molar-refractivity contribution >= 4 is 0 Å². The van der Waals surface area contributed by atoms with Crippen LogP contribution in [-0.2, 0) is 0 Å². The zero-order valence-corrected chi connectivity index (χ0v) is 10.0. The highest BCUT2D eigenvalue weighted by molar-refractivity contribution is 5.18. The third kappa shape index (κ3) is 3.79. The highest BCUT2D eigenvalue weighted by Crippen LogP contribution is 2.28. The van der Waals surface area contributed by atoms with Crippen molar-refractivity contribution in [1.82, 2.24) is 5.32 Å². The minimum Gasteiger partial charge on any atom is -0.387 e. The van der Waals surface area contributed by atoms with Gasteiger partial charge in [0.1, 0.15) is 5.82 Å². The quantitative estimate of drug-likeness (QED) is 0.745. The van der Waals surface area contributed by atoms with Gasteiger partial charge in [-0.05, 0) is 36.6 Å². The van der Waals surface area contributed by atoms with Gasteiger partial charge in [-0.25, -0.2) is 4.39 Å². The van der Waals surface area contributed by atoms with E-state index in [1.54, 1.807) is 12.1 Å². The summed E-state index contributed by atoms with van der Waals surface area (Å²) in [6.07, 6.45) is 4.76. The first-order valence-corrected chi connectivity index (χ1v) is 6.40. The van der Waals surface area contributed by atoms with Crippen molar-refractivity contribution in [2.45, 2.75) is 31.8 Å². The van der Waals surface area contributed by atoms with E-state index in [9.17, 15) is 9.50 Å². The van der Waals surface area contributed by atoms with E-state index in [0.29, 0.717) is 6.54 Å². The third-order valence-corrected chi connectivity index (χ3v) is 3.55. The number of aliphatic hydroxyl groups is 1. The van der Waals surface area contributed by atoms with E-state index in [4.69, 9.17) is 0 Å². The van der Waals surface area contributed by atoms with Gasteiger partial charge in [0.2, 0.25) is 0 Å². The smallest absolute Gasteiger partial charge is 0.123 e. The van der Waals surface area contributed by atoms with Crippen molar-refractivity contribution in [3.63, 3.8) is 0 Å². The molecule has 2 rings (SSSR count). The molecule has 0 amide bonds. The van der Waals surface area contributed by atoms with Crippen LogP contribution in [0.2, 0.25) is 0 Å². The highest BCUT2D eigenvalue weighted by Gasteiger charge is 2.16. The van der Waals surface area contributed by atoms with Gasteiger partial charge in [-0.15, -0.1) is 0 Å². The number of hydrogen-bond acceptors (Lipinski definition) is 2. The summed E-state index contributed by atoms with van der Waals surface area (Å²) in [5, 5.41) is 13.1. The molecule has 1 aliphatic carbocycles. The molecule has 0 aliphatic heterocycles. The lowest BCUT2D eigenvalue weighted by atomic mass is 9.83. The summed E-state index contributed by atoms with van der Waals surface area (Å²) in [4.78, 5) is 0. The summed E-state index contributed by atoms with van der Waals surface area (Å²) in [6.45, 7) is 1.50. The van der Waals surface area contributed by atoms with Crippen LogP contribution >= 0.6 is 0 Å². The molecule has 3 heteroatoms. The Morgan fingerprint density at radius 3 is 2.59 bits per heavy atom. The predicted octanol–water partition coefficient (Wildman–Crippen LogP) is 2.64. The van der Waals surface area contributed by atoms with E-state index in [2.05, 4.69) is 5.32 Å². The van der Waals surface area contributed by atoms with Gasteiger partial charge in [-0.3, -0.25) is 0 Å². The molecule has 1 aromatic rings. The second kappa shape index (κ2) is 6.12. The molecule has 0 radical (unpaired) electrons. The Bertz CT molecular complexity index is 335. The van der Waals surface area contributed by atoms with Crippen LogP contribution in [0.15, 0.2) is 24.3 Å². The molecule has 0 heterocycles. The first-order chi connectivity index (χ1) is 8.25. The lowest BCUT2D eigenvalue weighted by Crippen LogP contribution is -2.25. The lowest BCUT2D eigenvalue weighted by molar-refractivity contribution is 0.172. The molecule has 1 aromatic carbocycles. The molecular formula is C14H20FNO. The van der Waals surface area contributed by atoms with Gasteiger partial charge in [0.25, 0.3) is 0 Å². The topological polar surface area (TPSA) is 32.3 Å². The minimum absolute atomic E-state index is 0.265. The third-order valence-electron chi connectivity index (χ3n) is 3.55. The van der Waals surface area contributed by atoms with Crippen LogP contribution in [0, 0.1) is 11.7 Å². The van der Waals surface area contributed by atoms with Gasteiger partial charge in [0, 0.05) is 6.54 Å². The van der Waals surface area contributed by atoms with Gasteiger partial charge in [-0.2, -0.15) is 0 Å². The normalized spacial score (nSPS) is 17.8.